The molecule has 24 heavy (non-hydrogen) atoms. The van der Waals surface area contributed by atoms with Crippen molar-refractivity contribution in [2.45, 2.75) is 85.1 Å². The summed E-state index contributed by atoms with van der Waals surface area (Å²) in [4.78, 5) is 26.9. The lowest BCUT2D eigenvalue weighted by molar-refractivity contribution is -0.124. The van der Waals surface area contributed by atoms with E-state index in [0.29, 0.717) is 0 Å². The van der Waals surface area contributed by atoms with Gasteiger partial charge in [-0.2, -0.15) is 0 Å². The number of carbonyl (C=O) groups is 2. The van der Waals surface area contributed by atoms with Crippen molar-refractivity contribution in [1.29, 1.82) is 0 Å². The molecule has 0 saturated heterocycles. The van der Waals surface area contributed by atoms with Gasteiger partial charge in [-0.3, -0.25) is 9.59 Å². The second kappa shape index (κ2) is 9.22. The lowest BCUT2D eigenvalue weighted by atomic mass is 9.60. The van der Waals surface area contributed by atoms with Crippen molar-refractivity contribution >= 4 is 11.6 Å². The van der Waals surface area contributed by atoms with Gasteiger partial charge in [-0.15, -0.1) is 0 Å². The number of carbonyl (C=O) groups excluding carboxylic acids is 2. The van der Waals surface area contributed by atoms with Gasteiger partial charge in [0.2, 0.25) is 0 Å². The van der Waals surface area contributed by atoms with Crippen molar-refractivity contribution in [2.75, 3.05) is 0 Å². The molecule has 0 spiro atoms. The van der Waals surface area contributed by atoms with Crippen LogP contribution < -0.4 is 0 Å². The SMILES string of the molecule is CCC(C(C)=O)C1CCCCC1(N=[N+]=[N-])[C@H](C)CCC(C)C(C)=O. The zero-order chi connectivity index (χ0) is 18.3. The Morgan fingerprint density at radius 1 is 1.21 bits per heavy atom. The Hall–Kier alpha value is -1.35. The van der Waals surface area contributed by atoms with E-state index in [1.165, 1.54) is 0 Å². The van der Waals surface area contributed by atoms with Crippen molar-refractivity contribution in [3.63, 3.8) is 0 Å². The minimum absolute atomic E-state index is 0.0346. The molecule has 5 heteroatoms. The molecule has 0 radical (unpaired) electrons. The molecule has 1 fully saturated rings. The lowest BCUT2D eigenvalue weighted by Crippen LogP contribution is -2.49. The molecule has 0 aliphatic heterocycles. The molecule has 0 aromatic carbocycles. The van der Waals surface area contributed by atoms with E-state index < -0.39 is 5.54 Å². The van der Waals surface area contributed by atoms with Crippen LogP contribution >= 0.6 is 0 Å². The molecule has 0 heterocycles. The van der Waals surface area contributed by atoms with E-state index >= 15 is 0 Å². The fraction of sp³-hybridized carbons (Fsp3) is 0.895. The third kappa shape index (κ3) is 4.60. The molecule has 1 aliphatic rings. The molecular formula is C19H33N3O2. The van der Waals surface area contributed by atoms with Gasteiger partial charge in [0.05, 0.1) is 5.54 Å². The Balaban J connectivity index is 3.10. The van der Waals surface area contributed by atoms with Crippen molar-refractivity contribution < 1.29 is 9.59 Å². The topological polar surface area (TPSA) is 82.9 Å². The van der Waals surface area contributed by atoms with Crippen molar-refractivity contribution in [2.24, 2.45) is 28.8 Å². The molecule has 1 aliphatic carbocycles. The van der Waals surface area contributed by atoms with Crippen LogP contribution in [0.15, 0.2) is 5.11 Å². The number of hydrogen-bond donors (Lipinski definition) is 0. The molecule has 0 bridgehead atoms. The van der Waals surface area contributed by atoms with Crippen LogP contribution in [0.2, 0.25) is 0 Å². The average Bonchev–Trinajstić information content (AvgIpc) is 2.54. The van der Waals surface area contributed by atoms with Crippen molar-refractivity contribution in [3.05, 3.63) is 10.4 Å². The Morgan fingerprint density at radius 2 is 1.88 bits per heavy atom. The molecule has 136 valence electrons. The first-order valence-corrected chi connectivity index (χ1v) is 9.37. The number of hydrogen-bond acceptors (Lipinski definition) is 3. The van der Waals surface area contributed by atoms with Gasteiger partial charge in [0.1, 0.15) is 11.6 Å². The highest BCUT2D eigenvalue weighted by molar-refractivity contribution is 5.79. The van der Waals surface area contributed by atoms with Gasteiger partial charge in [0.15, 0.2) is 0 Å². The van der Waals surface area contributed by atoms with E-state index in [4.69, 9.17) is 0 Å². The van der Waals surface area contributed by atoms with Crippen molar-refractivity contribution in [1.82, 2.24) is 0 Å². The van der Waals surface area contributed by atoms with Gasteiger partial charge in [-0.05, 0) is 63.3 Å². The van der Waals surface area contributed by atoms with E-state index in [1.807, 2.05) is 13.8 Å². The zero-order valence-corrected chi connectivity index (χ0v) is 15.9. The number of nitrogens with zero attached hydrogens (tertiary/aromatic N) is 3. The summed E-state index contributed by atoms with van der Waals surface area (Å²) in [6.07, 6.45) is 6.38. The van der Waals surface area contributed by atoms with E-state index in [1.54, 1.807) is 13.8 Å². The fourth-order valence-electron chi connectivity index (χ4n) is 4.48. The Kier molecular flexibility index (Phi) is 7.95. The highest BCUT2D eigenvalue weighted by Gasteiger charge is 2.48. The molecule has 0 aromatic rings. The predicted molar refractivity (Wildman–Crippen MR) is 96.5 cm³/mol. The van der Waals surface area contributed by atoms with Crippen LogP contribution in [0.25, 0.3) is 10.4 Å². The van der Waals surface area contributed by atoms with Gasteiger partial charge >= 0.3 is 0 Å². The summed E-state index contributed by atoms with van der Waals surface area (Å²) in [7, 11) is 0. The smallest absolute Gasteiger partial charge is 0.133 e. The summed E-state index contributed by atoms with van der Waals surface area (Å²) >= 11 is 0. The van der Waals surface area contributed by atoms with E-state index in [2.05, 4.69) is 16.9 Å². The third-order valence-corrected chi connectivity index (χ3v) is 6.24. The summed E-state index contributed by atoms with van der Waals surface area (Å²) in [5.74, 6) is 0.693. The van der Waals surface area contributed by atoms with Crippen LogP contribution in [-0.4, -0.2) is 17.1 Å². The van der Waals surface area contributed by atoms with Gasteiger partial charge in [0.25, 0.3) is 0 Å². The zero-order valence-electron chi connectivity index (χ0n) is 15.9. The van der Waals surface area contributed by atoms with Crippen LogP contribution in [0, 0.1) is 23.7 Å². The molecule has 1 rings (SSSR count). The van der Waals surface area contributed by atoms with E-state index in [9.17, 15) is 15.1 Å². The van der Waals surface area contributed by atoms with E-state index in [0.717, 1.165) is 44.9 Å². The lowest BCUT2D eigenvalue weighted by Gasteiger charge is -2.48. The van der Waals surface area contributed by atoms with Crippen LogP contribution in [0.4, 0.5) is 0 Å². The first-order chi connectivity index (χ1) is 11.3. The maximum absolute atomic E-state index is 12.2. The molecule has 0 N–H and O–H groups in total. The Morgan fingerprint density at radius 3 is 2.38 bits per heavy atom. The molecule has 1 saturated carbocycles. The Bertz CT molecular complexity index is 499. The molecule has 0 amide bonds. The van der Waals surface area contributed by atoms with Crippen LogP contribution in [0.3, 0.4) is 0 Å². The minimum Gasteiger partial charge on any atom is -0.300 e. The van der Waals surface area contributed by atoms with Gasteiger partial charge in [-0.1, -0.05) is 38.7 Å². The highest BCUT2D eigenvalue weighted by atomic mass is 16.1. The normalized spacial score (nSPS) is 27.6. The summed E-state index contributed by atoms with van der Waals surface area (Å²) in [5.41, 5.74) is 8.74. The summed E-state index contributed by atoms with van der Waals surface area (Å²) < 4.78 is 0. The van der Waals surface area contributed by atoms with Crippen LogP contribution in [0.1, 0.15) is 79.6 Å². The standard InChI is InChI=1S/C19H33N3O2/c1-6-17(16(5)24)18-9-7-8-12-19(18,21-22-20)14(3)11-10-13(2)15(4)23/h13-14,17-18H,6-12H2,1-5H3/t13?,14-,17?,18?,19?/m1/s1. The minimum atomic E-state index is -0.490. The average molecular weight is 335 g/mol. The summed E-state index contributed by atoms with van der Waals surface area (Å²) in [5, 5.41) is 4.31. The molecule has 5 nitrogen and oxygen atoms in total. The maximum Gasteiger partial charge on any atom is 0.133 e. The first-order valence-electron chi connectivity index (χ1n) is 9.37. The van der Waals surface area contributed by atoms with Gasteiger partial charge < -0.3 is 0 Å². The number of ketones is 2. The summed E-state index contributed by atoms with van der Waals surface area (Å²) in [6.45, 7) is 9.42. The Labute approximate surface area is 146 Å². The largest absolute Gasteiger partial charge is 0.300 e. The molecule has 0 aromatic heterocycles. The quantitative estimate of drug-likeness (QED) is 0.317. The monoisotopic (exact) mass is 335 g/mol. The van der Waals surface area contributed by atoms with Gasteiger partial charge in [0, 0.05) is 16.7 Å². The summed E-state index contributed by atoms with van der Waals surface area (Å²) in [6, 6.07) is 0. The van der Waals surface area contributed by atoms with E-state index in [-0.39, 0.29) is 35.2 Å². The maximum atomic E-state index is 12.2. The van der Waals surface area contributed by atoms with Crippen LogP contribution in [-0.2, 0) is 9.59 Å². The van der Waals surface area contributed by atoms with Crippen LogP contribution in [0.5, 0.6) is 0 Å². The first kappa shape index (κ1) is 20.7. The fourth-order valence-corrected chi connectivity index (χ4v) is 4.48. The molecule has 5 atom stereocenters. The number of Topliss-reactive ketones (excluding diaryl/α,β-unsaturated/α-hetero) is 2. The molecule has 4 unspecified atom stereocenters. The highest BCUT2D eigenvalue weighted by Crippen LogP contribution is 2.48. The number of azide groups is 1. The number of rotatable bonds is 9. The van der Waals surface area contributed by atoms with Gasteiger partial charge in [-0.25, -0.2) is 0 Å². The molecular weight excluding hydrogens is 302 g/mol. The third-order valence-electron chi connectivity index (χ3n) is 6.24. The second-order valence-corrected chi connectivity index (χ2v) is 7.65. The van der Waals surface area contributed by atoms with Crippen molar-refractivity contribution in [3.8, 4) is 0 Å². The second-order valence-electron chi connectivity index (χ2n) is 7.65. The predicted octanol–water partition coefficient (Wildman–Crippen LogP) is 5.48.